The number of nitrogens with two attached hydrogens (primary N) is 1. The number of hydrogen-bond acceptors (Lipinski definition) is 2. The Kier molecular flexibility index (Phi) is 4.70. The van der Waals surface area contributed by atoms with Crippen molar-refractivity contribution in [1.29, 1.82) is 0 Å². The Balaban J connectivity index is 2.07. The van der Waals surface area contributed by atoms with E-state index in [-0.39, 0.29) is 30.0 Å². The lowest BCUT2D eigenvalue weighted by atomic mass is 9.90. The van der Waals surface area contributed by atoms with E-state index in [1.54, 1.807) is 11.9 Å². The van der Waals surface area contributed by atoms with Crippen LogP contribution < -0.4 is 5.73 Å². The van der Waals surface area contributed by atoms with Crippen LogP contribution in [0.2, 0.25) is 0 Å². The smallest absolute Gasteiger partial charge is 0.227 e. The van der Waals surface area contributed by atoms with Crippen molar-refractivity contribution in [3.63, 3.8) is 0 Å². The van der Waals surface area contributed by atoms with Gasteiger partial charge in [0.15, 0.2) is 0 Å². The number of carbonyl (C=O) groups excluding carboxylic acids is 1. The summed E-state index contributed by atoms with van der Waals surface area (Å²) in [4.78, 5) is 13.8. The van der Waals surface area contributed by atoms with Crippen LogP contribution >= 0.6 is 0 Å². The Morgan fingerprint density at radius 2 is 1.90 bits per heavy atom. The number of benzene rings is 1. The van der Waals surface area contributed by atoms with Crippen LogP contribution in [0.4, 0.5) is 8.78 Å². The summed E-state index contributed by atoms with van der Waals surface area (Å²) in [6.45, 7) is 0. The minimum absolute atomic E-state index is 0.0360. The number of carbonyl (C=O) groups is 1. The molecule has 1 fully saturated rings. The maximum atomic E-state index is 13.6. The van der Waals surface area contributed by atoms with E-state index < -0.39 is 11.6 Å². The number of nitrogens with zero attached hydrogens (tertiary/aromatic N) is 1. The van der Waals surface area contributed by atoms with Crippen molar-refractivity contribution < 1.29 is 13.6 Å². The fourth-order valence-corrected chi connectivity index (χ4v) is 2.78. The molecule has 5 heteroatoms. The van der Waals surface area contributed by atoms with Crippen molar-refractivity contribution >= 4 is 5.91 Å². The average molecular weight is 282 g/mol. The quantitative estimate of drug-likeness (QED) is 0.924. The molecule has 1 aliphatic carbocycles. The third kappa shape index (κ3) is 3.15. The zero-order valence-corrected chi connectivity index (χ0v) is 11.6. The highest BCUT2D eigenvalue weighted by atomic mass is 19.1. The van der Waals surface area contributed by atoms with E-state index in [4.69, 9.17) is 5.73 Å². The second kappa shape index (κ2) is 6.31. The number of likely N-dealkylation sites (N-methyl/N-ethyl adjacent to an activating group) is 1. The van der Waals surface area contributed by atoms with Crippen molar-refractivity contribution in [2.24, 2.45) is 5.73 Å². The van der Waals surface area contributed by atoms with Crippen molar-refractivity contribution in [3.8, 4) is 0 Å². The zero-order valence-electron chi connectivity index (χ0n) is 11.6. The van der Waals surface area contributed by atoms with Gasteiger partial charge in [-0.2, -0.15) is 0 Å². The summed E-state index contributed by atoms with van der Waals surface area (Å²) < 4.78 is 27.1. The molecule has 0 radical (unpaired) electrons. The lowest BCUT2D eigenvalue weighted by molar-refractivity contribution is -0.132. The molecular weight excluding hydrogens is 262 g/mol. The molecule has 0 aliphatic heterocycles. The van der Waals surface area contributed by atoms with Gasteiger partial charge in [-0.15, -0.1) is 0 Å². The van der Waals surface area contributed by atoms with Crippen LogP contribution in [0.5, 0.6) is 0 Å². The zero-order chi connectivity index (χ0) is 14.7. The monoisotopic (exact) mass is 282 g/mol. The van der Waals surface area contributed by atoms with Crippen molar-refractivity contribution in [2.45, 2.75) is 44.2 Å². The van der Waals surface area contributed by atoms with Crippen molar-refractivity contribution in [2.75, 3.05) is 7.05 Å². The molecule has 0 heterocycles. The van der Waals surface area contributed by atoms with Gasteiger partial charge >= 0.3 is 0 Å². The van der Waals surface area contributed by atoms with Crippen LogP contribution in [0.1, 0.15) is 31.2 Å². The lowest BCUT2D eigenvalue weighted by Gasteiger charge is -2.36. The molecule has 20 heavy (non-hydrogen) atoms. The molecule has 110 valence electrons. The van der Waals surface area contributed by atoms with Gasteiger partial charge in [0, 0.05) is 24.7 Å². The van der Waals surface area contributed by atoms with Gasteiger partial charge in [0.05, 0.1) is 6.42 Å². The van der Waals surface area contributed by atoms with Gasteiger partial charge in [0.1, 0.15) is 11.6 Å². The van der Waals surface area contributed by atoms with Crippen LogP contribution in [-0.4, -0.2) is 29.9 Å². The van der Waals surface area contributed by atoms with Gasteiger partial charge in [-0.1, -0.05) is 18.9 Å². The predicted octanol–water partition coefficient (Wildman–Crippen LogP) is 2.24. The number of amides is 1. The molecular formula is C15H20F2N2O. The van der Waals surface area contributed by atoms with Crippen LogP contribution in [0.3, 0.4) is 0 Å². The molecule has 2 N–H and O–H groups in total. The summed E-state index contributed by atoms with van der Waals surface area (Å²) in [5.74, 6) is -1.66. The Morgan fingerprint density at radius 1 is 1.30 bits per heavy atom. The first-order valence-electron chi connectivity index (χ1n) is 6.95. The molecule has 2 unspecified atom stereocenters. The summed E-state index contributed by atoms with van der Waals surface area (Å²) in [6.07, 6.45) is 3.57. The fraction of sp³-hybridized carbons (Fsp3) is 0.533. The molecule has 0 aromatic heterocycles. The van der Waals surface area contributed by atoms with Crippen LogP contribution in [0, 0.1) is 11.6 Å². The number of halogens is 2. The van der Waals surface area contributed by atoms with E-state index in [1.165, 1.54) is 6.07 Å². The fourth-order valence-electron chi connectivity index (χ4n) is 2.78. The molecule has 0 saturated heterocycles. The SMILES string of the molecule is CN(C(=O)Cc1c(F)cccc1F)C1CCCCC1N. The molecule has 1 amide bonds. The van der Waals surface area contributed by atoms with E-state index in [0.29, 0.717) is 0 Å². The third-order valence-corrected chi connectivity index (χ3v) is 4.06. The highest BCUT2D eigenvalue weighted by Crippen LogP contribution is 2.22. The minimum atomic E-state index is -0.681. The lowest BCUT2D eigenvalue weighted by Crippen LogP contribution is -2.50. The second-order valence-electron chi connectivity index (χ2n) is 5.40. The standard InChI is InChI=1S/C15H20F2N2O/c1-19(14-8-3-2-7-13(14)18)15(20)9-10-11(16)5-4-6-12(10)17/h4-6,13-14H,2-3,7-9,18H2,1H3. The molecule has 0 spiro atoms. The number of hydrogen-bond donors (Lipinski definition) is 1. The molecule has 2 rings (SSSR count). The summed E-state index contributed by atoms with van der Waals surface area (Å²) in [7, 11) is 1.66. The Labute approximate surface area is 117 Å². The third-order valence-electron chi connectivity index (χ3n) is 4.06. The highest BCUT2D eigenvalue weighted by molar-refractivity contribution is 5.79. The van der Waals surface area contributed by atoms with E-state index in [2.05, 4.69) is 0 Å². The summed E-state index contributed by atoms with van der Waals surface area (Å²) in [6, 6.07) is 3.53. The maximum Gasteiger partial charge on any atom is 0.227 e. The van der Waals surface area contributed by atoms with Crippen LogP contribution in [0.15, 0.2) is 18.2 Å². The van der Waals surface area contributed by atoms with Gasteiger partial charge in [-0.3, -0.25) is 4.79 Å². The Morgan fingerprint density at radius 3 is 2.50 bits per heavy atom. The first-order chi connectivity index (χ1) is 9.50. The summed E-state index contributed by atoms with van der Waals surface area (Å²) in [5, 5.41) is 0. The van der Waals surface area contributed by atoms with E-state index in [1.807, 2.05) is 0 Å². The maximum absolute atomic E-state index is 13.6. The number of rotatable bonds is 3. The molecule has 1 aromatic carbocycles. The largest absolute Gasteiger partial charge is 0.341 e. The molecule has 1 saturated carbocycles. The first-order valence-corrected chi connectivity index (χ1v) is 6.95. The minimum Gasteiger partial charge on any atom is -0.341 e. The van der Waals surface area contributed by atoms with Gasteiger partial charge in [0.25, 0.3) is 0 Å². The second-order valence-corrected chi connectivity index (χ2v) is 5.40. The van der Waals surface area contributed by atoms with Gasteiger partial charge in [-0.05, 0) is 25.0 Å². The van der Waals surface area contributed by atoms with Crippen molar-refractivity contribution in [3.05, 3.63) is 35.4 Å². The molecule has 0 bridgehead atoms. The first kappa shape index (κ1) is 14.9. The summed E-state index contributed by atoms with van der Waals surface area (Å²) >= 11 is 0. The van der Waals surface area contributed by atoms with Gasteiger partial charge in [-0.25, -0.2) is 8.78 Å². The van der Waals surface area contributed by atoms with E-state index >= 15 is 0 Å². The average Bonchev–Trinajstić information content (AvgIpc) is 2.42. The van der Waals surface area contributed by atoms with Crippen LogP contribution in [-0.2, 0) is 11.2 Å². The van der Waals surface area contributed by atoms with Crippen LogP contribution in [0.25, 0.3) is 0 Å². The van der Waals surface area contributed by atoms with Crippen molar-refractivity contribution in [1.82, 2.24) is 4.90 Å². The van der Waals surface area contributed by atoms with Gasteiger partial charge in [0.2, 0.25) is 5.91 Å². The Hall–Kier alpha value is -1.49. The van der Waals surface area contributed by atoms with E-state index in [9.17, 15) is 13.6 Å². The topological polar surface area (TPSA) is 46.3 Å². The van der Waals surface area contributed by atoms with E-state index in [0.717, 1.165) is 37.8 Å². The Bertz CT molecular complexity index is 473. The normalized spacial score (nSPS) is 22.6. The highest BCUT2D eigenvalue weighted by Gasteiger charge is 2.28. The van der Waals surface area contributed by atoms with Gasteiger partial charge < -0.3 is 10.6 Å². The summed E-state index contributed by atoms with van der Waals surface area (Å²) in [5.41, 5.74) is 5.86. The molecule has 1 aromatic rings. The molecule has 2 atom stereocenters. The molecule has 3 nitrogen and oxygen atoms in total. The predicted molar refractivity (Wildman–Crippen MR) is 73.1 cm³/mol. The molecule has 1 aliphatic rings.